The van der Waals surface area contributed by atoms with Crippen LogP contribution in [0.25, 0.3) is 0 Å². The van der Waals surface area contributed by atoms with E-state index < -0.39 is 5.97 Å². The molecular formula is C9H7BrO4. The summed E-state index contributed by atoms with van der Waals surface area (Å²) in [5.41, 5.74) is 0.633. The fourth-order valence-corrected chi connectivity index (χ4v) is 1.75. The Morgan fingerprint density at radius 2 is 2.14 bits per heavy atom. The van der Waals surface area contributed by atoms with Gasteiger partial charge < -0.3 is 14.6 Å². The molecule has 0 fully saturated rings. The van der Waals surface area contributed by atoms with Crippen molar-refractivity contribution in [2.75, 3.05) is 6.79 Å². The predicted octanol–water partition coefficient (Wildman–Crippen LogP) is 1.80. The third-order valence-corrected chi connectivity index (χ3v) is 2.52. The number of carboxylic acid groups (broad SMARTS) is 1. The van der Waals surface area contributed by atoms with Gasteiger partial charge >= 0.3 is 5.97 Å². The Kier molecular flexibility index (Phi) is 2.33. The summed E-state index contributed by atoms with van der Waals surface area (Å²) < 4.78 is 11.2. The van der Waals surface area contributed by atoms with Crippen LogP contribution in [0.4, 0.5) is 0 Å². The van der Waals surface area contributed by atoms with E-state index in [2.05, 4.69) is 15.9 Å². The highest BCUT2D eigenvalue weighted by molar-refractivity contribution is 9.10. The first-order chi connectivity index (χ1) is 6.68. The molecule has 4 nitrogen and oxygen atoms in total. The van der Waals surface area contributed by atoms with E-state index in [9.17, 15) is 4.79 Å². The number of aliphatic carboxylic acids is 1. The maximum absolute atomic E-state index is 10.5. The lowest BCUT2D eigenvalue weighted by Crippen LogP contribution is -2.01. The van der Waals surface area contributed by atoms with Gasteiger partial charge in [-0.05, 0) is 22.0 Å². The molecule has 2 rings (SSSR count). The number of rotatable bonds is 2. The van der Waals surface area contributed by atoms with Crippen molar-refractivity contribution >= 4 is 21.9 Å². The summed E-state index contributed by atoms with van der Waals surface area (Å²) in [4.78, 5) is 10.5. The molecule has 5 heteroatoms. The van der Waals surface area contributed by atoms with Gasteiger partial charge in [0.05, 0.1) is 10.9 Å². The Hall–Kier alpha value is -1.23. The number of carboxylic acids is 1. The summed E-state index contributed by atoms with van der Waals surface area (Å²) in [6, 6.07) is 3.47. The number of hydrogen-bond donors (Lipinski definition) is 1. The predicted molar refractivity (Wildman–Crippen MR) is 51.6 cm³/mol. The molecule has 0 atom stereocenters. The molecule has 1 aromatic carbocycles. The molecule has 1 heterocycles. The average molecular weight is 259 g/mol. The molecule has 0 aliphatic carbocycles. The fourth-order valence-electron chi connectivity index (χ4n) is 1.32. The van der Waals surface area contributed by atoms with Crippen molar-refractivity contribution in [2.45, 2.75) is 6.42 Å². The first-order valence-corrected chi connectivity index (χ1v) is 4.76. The topological polar surface area (TPSA) is 55.8 Å². The minimum absolute atomic E-state index is 0.0566. The van der Waals surface area contributed by atoms with E-state index in [0.717, 1.165) is 4.47 Å². The first kappa shape index (κ1) is 9.33. The molecule has 0 unspecified atom stereocenters. The zero-order valence-corrected chi connectivity index (χ0v) is 8.70. The van der Waals surface area contributed by atoms with Crippen LogP contribution in [0, 0.1) is 0 Å². The van der Waals surface area contributed by atoms with Crippen molar-refractivity contribution in [2.24, 2.45) is 0 Å². The highest BCUT2D eigenvalue weighted by atomic mass is 79.9. The van der Waals surface area contributed by atoms with Crippen molar-refractivity contribution < 1.29 is 19.4 Å². The van der Waals surface area contributed by atoms with Crippen LogP contribution in [-0.4, -0.2) is 17.9 Å². The van der Waals surface area contributed by atoms with E-state index in [1.165, 1.54) is 0 Å². The van der Waals surface area contributed by atoms with E-state index in [4.69, 9.17) is 14.6 Å². The summed E-state index contributed by atoms with van der Waals surface area (Å²) in [7, 11) is 0. The summed E-state index contributed by atoms with van der Waals surface area (Å²) >= 11 is 3.30. The Bertz CT molecular complexity index is 389. The van der Waals surface area contributed by atoms with Gasteiger partial charge in [-0.2, -0.15) is 0 Å². The number of ether oxygens (including phenoxy) is 2. The van der Waals surface area contributed by atoms with Crippen LogP contribution in [0.15, 0.2) is 16.6 Å². The fraction of sp³-hybridized carbons (Fsp3) is 0.222. The molecular weight excluding hydrogens is 252 g/mol. The van der Waals surface area contributed by atoms with Gasteiger partial charge in [-0.25, -0.2) is 0 Å². The van der Waals surface area contributed by atoms with Gasteiger partial charge in [0, 0.05) is 5.56 Å². The molecule has 1 aliphatic rings. The van der Waals surface area contributed by atoms with E-state index in [-0.39, 0.29) is 13.2 Å². The number of fused-ring (bicyclic) bond motifs is 1. The van der Waals surface area contributed by atoms with Crippen LogP contribution in [0.5, 0.6) is 11.5 Å². The summed E-state index contributed by atoms with van der Waals surface area (Å²) in [5.74, 6) is 0.232. The molecule has 0 amide bonds. The molecule has 0 bridgehead atoms. The van der Waals surface area contributed by atoms with Gasteiger partial charge in [-0.15, -0.1) is 0 Å². The molecule has 0 aromatic heterocycles. The normalized spacial score (nSPS) is 12.9. The SMILES string of the molecule is O=C(O)Cc1ccc(Br)c2c1OCO2. The van der Waals surface area contributed by atoms with E-state index in [1.54, 1.807) is 12.1 Å². The van der Waals surface area contributed by atoms with Crippen LogP contribution in [0.3, 0.4) is 0 Å². The van der Waals surface area contributed by atoms with Gasteiger partial charge in [0.25, 0.3) is 0 Å². The Morgan fingerprint density at radius 1 is 1.43 bits per heavy atom. The van der Waals surface area contributed by atoms with Crippen molar-refractivity contribution in [3.8, 4) is 11.5 Å². The Balaban J connectivity index is 2.43. The Morgan fingerprint density at radius 3 is 2.86 bits per heavy atom. The smallest absolute Gasteiger partial charge is 0.307 e. The molecule has 0 radical (unpaired) electrons. The minimum atomic E-state index is -0.884. The van der Waals surface area contributed by atoms with Gasteiger partial charge in [0.2, 0.25) is 6.79 Å². The van der Waals surface area contributed by atoms with E-state index >= 15 is 0 Å². The molecule has 0 saturated carbocycles. The van der Waals surface area contributed by atoms with Gasteiger partial charge in [0.1, 0.15) is 0 Å². The van der Waals surface area contributed by atoms with Gasteiger partial charge in [-0.3, -0.25) is 4.79 Å². The van der Waals surface area contributed by atoms with Gasteiger partial charge in [-0.1, -0.05) is 6.07 Å². The van der Waals surface area contributed by atoms with Crippen molar-refractivity contribution in [3.05, 3.63) is 22.2 Å². The summed E-state index contributed by atoms with van der Waals surface area (Å²) in [6.45, 7) is 0.143. The largest absolute Gasteiger partial charge is 0.481 e. The Labute approximate surface area is 88.6 Å². The molecule has 1 aromatic rings. The standard InChI is InChI=1S/C9H7BrO4/c10-6-2-1-5(3-7(11)12)8-9(6)14-4-13-8/h1-2H,3-4H2,(H,11,12). The lowest BCUT2D eigenvalue weighted by molar-refractivity contribution is -0.136. The minimum Gasteiger partial charge on any atom is -0.481 e. The number of carbonyl (C=O) groups is 1. The first-order valence-electron chi connectivity index (χ1n) is 3.97. The highest BCUT2D eigenvalue weighted by Gasteiger charge is 2.21. The van der Waals surface area contributed by atoms with Crippen LogP contribution in [0.2, 0.25) is 0 Å². The van der Waals surface area contributed by atoms with Crippen molar-refractivity contribution in [1.29, 1.82) is 0 Å². The molecule has 1 aliphatic heterocycles. The molecule has 14 heavy (non-hydrogen) atoms. The maximum Gasteiger partial charge on any atom is 0.307 e. The molecule has 74 valence electrons. The highest BCUT2D eigenvalue weighted by Crippen LogP contribution is 2.41. The number of halogens is 1. The molecule has 0 saturated heterocycles. The monoisotopic (exact) mass is 258 g/mol. The van der Waals surface area contributed by atoms with Crippen LogP contribution in [0.1, 0.15) is 5.56 Å². The maximum atomic E-state index is 10.5. The number of benzene rings is 1. The van der Waals surface area contributed by atoms with Crippen LogP contribution >= 0.6 is 15.9 Å². The second-order valence-electron chi connectivity index (χ2n) is 2.84. The lowest BCUT2D eigenvalue weighted by Gasteiger charge is -2.03. The third kappa shape index (κ3) is 1.55. The van der Waals surface area contributed by atoms with Crippen molar-refractivity contribution in [1.82, 2.24) is 0 Å². The lowest BCUT2D eigenvalue weighted by atomic mass is 10.1. The number of hydrogen-bond acceptors (Lipinski definition) is 3. The van der Waals surface area contributed by atoms with E-state index in [1.807, 2.05) is 0 Å². The summed E-state index contributed by atoms with van der Waals surface area (Å²) in [5, 5.41) is 8.66. The molecule has 0 spiro atoms. The second kappa shape index (κ2) is 3.49. The second-order valence-corrected chi connectivity index (χ2v) is 3.70. The van der Waals surface area contributed by atoms with Crippen molar-refractivity contribution in [3.63, 3.8) is 0 Å². The summed E-state index contributed by atoms with van der Waals surface area (Å²) in [6.07, 6.45) is -0.0566. The van der Waals surface area contributed by atoms with Crippen LogP contribution < -0.4 is 9.47 Å². The molecule has 1 N–H and O–H groups in total. The quantitative estimate of drug-likeness (QED) is 0.879. The zero-order chi connectivity index (χ0) is 10.1. The average Bonchev–Trinajstić information content (AvgIpc) is 2.58. The van der Waals surface area contributed by atoms with Crippen LogP contribution in [-0.2, 0) is 11.2 Å². The van der Waals surface area contributed by atoms with Gasteiger partial charge in [0.15, 0.2) is 11.5 Å². The third-order valence-electron chi connectivity index (χ3n) is 1.89. The van der Waals surface area contributed by atoms with E-state index in [0.29, 0.717) is 17.1 Å². The zero-order valence-electron chi connectivity index (χ0n) is 7.12.